The van der Waals surface area contributed by atoms with Gasteiger partial charge in [0.15, 0.2) is 5.11 Å². The topological polar surface area (TPSA) is 19.7 Å². The molecule has 1 aromatic rings. The number of benzene rings is 1. The normalized spacial score (nSPS) is 19.5. The van der Waals surface area contributed by atoms with E-state index in [0.29, 0.717) is 12.0 Å². The molecule has 2 aliphatic rings. The zero-order chi connectivity index (χ0) is 15.5. The number of nitrogens with one attached hydrogen (secondary N) is 2. The Morgan fingerprint density at radius 2 is 1.86 bits per heavy atom. The molecule has 22 heavy (non-hydrogen) atoms. The average Bonchev–Trinajstić information content (AvgIpc) is 3.32. The Morgan fingerprint density at radius 1 is 1.23 bits per heavy atom. The van der Waals surface area contributed by atoms with Crippen molar-refractivity contribution in [3.63, 3.8) is 0 Å². The number of thiocarbonyl (C=S) groups is 1. The lowest BCUT2D eigenvalue weighted by molar-refractivity contribution is -0.917. The van der Waals surface area contributed by atoms with Crippen LogP contribution in [0.2, 0.25) is 0 Å². The maximum absolute atomic E-state index is 5.50. The molecule has 3 nitrogen and oxygen atoms in total. The van der Waals surface area contributed by atoms with E-state index in [9.17, 15) is 0 Å². The highest BCUT2D eigenvalue weighted by Crippen LogP contribution is 2.19. The third-order valence-corrected chi connectivity index (χ3v) is 5.14. The van der Waals surface area contributed by atoms with Crippen LogP contribution in [0.3, 0.4) is 0 Å². The van der Waals surface area contributed by atoms with Gasteiger partial charge >= 0.3 is 0 Å². The number of hydrogen-bond donors (Lipinski definition) is 2. The van der Waals surface area contributed by atoms with E-state index in [1.54, 1.807) is 4.90 Å². The lowest BCUT2D eigenvalue weighted by atomic mass is 10.0. The summed E-state index contributed by atoms with van der Waals surface area (Å²) in [5.41, 5.74) is 2.88. The molecule has 4 heteroatoms. The van der Waals surface area contributed by atoms with Gasteiger partial charge in [0.2, 0.25) is 0 Å². The molecule has 0 bridgehead atoms. The van der Waals surface area contributed by atoms with Crippen molar-refractivity contribution in [2.45, 2.75) is 45.2 Å². The van der Waals surface area contributed by atoms with Crippen molar-refractivity contribution < 1.29 is 4.90 Å². The molecule has 0 atom stereocenters. The maximum Gasteiger partial charge on any atom is 0.169 e. The molecule has 1 aliphatic heterocycles. The number of quaternary nitrogens is 1. The van der Waals surface area contributed by atoms with E-state index >= 15 is 0 Å². The SMILES string of the molecule is CC(C)c1ccc(C[NH+]2CCN(C(=S)NC3CC3)CC2)cc1. The molecule has 3 rings (SSSR count). The molecule has 1 aliphatic carbocycles. The lowest BCUT2D eigenvalue weighted by Crippen LogP contribution is -3.13. The van der Waals surface area contributed by atoms with Crippen molar-refractivity contribution in [1.82, 2.24) is 10.2 Å². The summed E-state index contributed by atoms with van der Waals surface area (Å²) in [7, 11) is 0. The minimum atomic E-state index is 0.616. The van der Waals surface area contributed by atoms with Gasteiger partial charge < -0.3 is 15.1 Å². The van der Waals surface area contributed by atoms with Crippen molar-refractivity contribution >= 4 is 17.3 Å². The molecule has 0 spiro atoms. The summed E-state index contributed by atoms with van der Waals surface area (Å²) >= 11 is 5.50. The number of piperazine rings is 1. The summed E-state index contributed by atoms with van der Waals surface area (Å²) in [4.78, 5) is 4.02. The van der Waals surface area contributed by atoms with Crippen LogP contribution in [0, 0.1) is 0 Å². The summed E-state index contributed by atoms with van der Waals surface area (Å²) in [5.74, 6) is 0.616. The Kier molecular flexibility index (Phi) is 4.99. The minimum absolute atomic E-state index is 0.616. The third kappa shape index (κ3) is 4.20. The van der Waals surface area contributed by atoms with Crippen molar-refractivity contribution in [3.8, 4) is 0 Å². The van der Waals surface area contributed by atoms with E-state index in [2.05, 4.69) is 48.3 Å². The molecule has 1 aromatic carbocycles. The molecule has 2 N–H and O–H groups in total. The first-order chi connectivity index (χ1) is 10.6. The smallest absolute Gasteiger partial charge is 0.169 e. The van der Waals surface area contributed by atoms with Gasteiger partial charge in [0.1, 0.15) is 6.54 Å². The first-order valence-electron chi connectivity index (χ1n) is 8.59. The Balaban J connectivity index is 1.45. The van der Waals surface area contributed by atoms with Crippen molar-refractivity contribution in [1.29, 1.82) is 0 Å². The predicted molar refractivity (Wildman–Crippen MR) is 95.3 cm³/mol. The second kappa shape index (κ2) is 6.97. The molecule has 0 unspecified atom stereocenters. The number of nitrogens with zero attached hydrogens (tertiary/aromatic N) is 1. The summed E-state index contributed by atoms with van der Waals surface area (Å²) in [6.45, 7) is 10.2. The minimum Gasteiger partial charge on any atom is -0.360 e. The van der Waals surface area contributed by atoms with Gasteiger partial charge in [0.25, 0.3) is 0 Å². The van der Waals surface area contributed by atoms with Gasteiger partial charge in [-0.3, -0.25) is 0 Å². The van der Waals surface area contributed by atoms with Gasteiger partial charge in [-0.2, -0.15) is 0 Å². The van der Waals surface area contributed by atoms with Gasteiger partial charge in [-0.15, -0.1) is 0 Å². The van der Waals surface area contributed by atoms with E-state index < -0.39 is 0 Å². The van der Waals surface area contributed by atoms with E-state index in [4.69, 9.17) is 12.2 Å². The standard InChI is InChI=1S/C18H27N3S/c1-14(2)16-5-3-15(4-6-16)13-20-9-11-21(12-10-20)18(22)19-17-7-8-17/h3-6,14,17H,7-13H2,1-2H3,(H,19,22)/p+1. The number of rotatable bonds is 4. The largest absolute Gasteiger partial charge is 0.360 e. The summed E-state index contributed by atoms with van der Waals surface area (Å²) in [6, 6.07) is 9.83. The van der Waals surface area contributed by atoms with E-state index in [-0.39, 0.29) is 0 Å². The fourth-order valence-corrected chi connectivity index (χ4v) is 3.35. The van der Waals surface area contributed by atoms with Crippen LogP contribution >= 0.6 is 12.2 Å². The summed E-state index contributed by atoms with van der Waals surface area (Å²) in [6.07, 6.45) is 2.58. The van der Waals surface area contributed by atoms with Crippen LogP contribution in [0.1, 0.15) is 43.7 Å². The van der Waals surface area contributed by atoms with E-state index in [0.717, 1.165) is 24.7 Å². The highest BCUT2D eigenvalue weighted by atomic mass is 32.1. The second-order valence-electron chi connectivity index (χ2n) is 7.03. The predicted octanol–water partition coefficient (Wildman–Crippen LogP) is 1.55. The van der Waals surface area contributed by atoms with Gasteiger partial charge in [0, 0.05) is 11.6 Å². The Hall–Kier alpha value is -1.13. The Bertz CT molecular complexity index is 500. The van der Waals surface area contributed by atoms with Crippen LogP contribution in [0.5, 0.6) is 0 Å². The van der Waals surface area contributed by atoms with E-state index in [1.165, 1.54) is 37.1 Å². The zero-order valence-electron chi connectivity index (χ0n) is 13.8. The fourth-order valence-electron chi connectivity index (χ4n) is 3.01. The van der Waals surface area contributed by atoms with Crippen molar-refractivity contribution in [2.75, 3.05) is 26.2 Å². The fraction of sp³-hybridized carbons (Fsp3) is 0.611. The van der Waals surface area contributed by atoms with Crippen LogP contribution in [-0.4, -0.2) is 42.2 Å². The molecule has 1 heterocycles. The number of hydrogen-bond acceptors (Lipinski definition) is 1. The molecular weight excluding hydrogens is 290 g/mol. The molecule has 1 saturated carbocycles. The first kappa shape index (κ1) is 15.8. The average molecular weight is 319 g/mol. The van der Waals surface area contributed by atoms with Crippen LogP contribution < -0.4 is 10.2 Å². The second-order valence-corrected chi connectivity index (χ2v) is 7.42. The first-order valence-corrected chi connectivity index (χ1v) is 9.00. The lowest BCUT2D eigenvalue weighted by Gasteiger charge is -2.34. The summed E-state index contributed by atoms with van der Waals surface area (Å²) < 4.78 is 0. The molecule has 120 valence electrons. The highest BCUT2D eigenvalue weighted by Gasteiger charge is 2.26. The molecule has 0 radical (unpaired) electrons. The highest BCUT2D eigenvalue weighted by molar-refractivity contribution is 7.80. The molecular formula is C18H28N3S+. The Morgan fingerprint density at radius 3 is 2.41 bits per heavy atom. The zero-order valence-corrected chi connectivity index (χ0v) is 14.6. The molecule has 0 amide bonds. The molecule has 2 fully saturated rings. The van der Waals surface area contributed by atoms with Gasteiger partial charge in [0.05, 0.1) is 26.2 Å². The quantitative estimate of drug-likeness (QED) is 0.822. The van der Waals surface area contributed by atoms with Crippen LogP contribution in [0.25, 0.3) is 0 Å². The van der Waals surface area contributed by atoms with Gasteiger partial charge in [-0.25, -0.2) is 0 Å². The van der Waals surface area contributed by atoms with Crippen molar-refractivity contribution in [2.24, 2.45) is 0 Å². The third-order valence-electron chi connectivity index (χ3n) is 4.76. The van der Waals surface area contributed by atoms with Crippen molar-refractivity contribution in [3.05, 3.63) is 35.4 Å². The van der Waals surface area contributed by atoms with Gasteiger partial charge in [-0.1, -0.05) is 38.1 Å². The van der Waals surface area contributed by atoms with Crippen LogP contribution in [-0.2, 0) is 6.54 Å². The molecule has 0 aromatic heterocycles. The van der Waals surface area contributed by atoms with Crippen LogP contribution in [0.15, 0.2) is 24.3 Å². The summed E-state index contributed by atoms with van der Waals surface area (Å²) in [5, 5.41) is 4.43. The van der Waals surface area contributed by atoms with Gasteiger partial charge in [-0.05, 0) is 36.5 Å². The van der Waals surface area contributed by atoms with E-state index in [1.807, 2.05) is 0 Å². The monoisotopic (exact) mass is 318 g/mol. The molecule has 1 saturated heterocycles. The maximum atomic E-state index is 5.50. The Labute approximate surface area is 139 Å². The van der Waals surface area contributed by atoms with Crippen LogP contribution in [0.4, 0.5) is 0 Å².